The molecule has 0 aliphatic rings. The second kappa shape index (κ2) is 5.65. The minimum absolute atomic E-state index is 0.616. The van der Waals surface area contributed by atoms with E-state index in [4.69, 9.17) is 15.2 Å². The maximum absolute atomic E-state index is 5.77. The lowest BCUT2D eigenvalue weighted by Crippen LogP contribution is -2.02. The Hall–Kier alpha value is -1.03. The van der Waals surface area contributed by atoms with Crippen LogP contribution >= 0.6 is 11.8 Å². The molecule has 0 aromatic heterocycles. The first kappa shape index (κ1) is 11.0. The normalized spacial score (nSPS) is 9.86. The van der Waals surface area contributed by atoms with Gasteiger partial charge in [-0.05, 0) is 18.4 Å². The summed E-state index contributed by atoms with van der Waals surface area (Å²) in [6.45, 7) is 0.678. The molecule has 0 radical (unpaired) electrons. The van der Waals surface area contributed by atoms with Crippen LogP contribution in [0.3, 0.4) is 0 Å². The molecule has 0 unspecified atom stereocenters. The molecule has 2 N–H and O–H groups in total. The highest BCUT2D eigenvalue weighted by molar-refractivity contribution is 7.98. The van der Waals surface area contributed by atoms with Crippen LogP contribution < -0.4 is 15.2 Å². The zero-order chi connectivity index (χ0) is 10.4. The van der Waals surface area contributed by atoms with Crippen LogP contribution in [0, 0.1) is 0 Å². The first-order valence-corrected chi connectivity index (χ1v) is 5.72. The van der Waals surface area contributed by atoms with Crippen LogP contribution in [-0.4, -0.2) is 25.7 Å². The predicted octanol–water partition coefficient (Wildman–Crippen LogP) is 2.02. The summed E-state index contributed by atoms with van der Waals surface area (Å²) in [5.41, 5.74) is 6.38. The molecule has 14 heavy (non-hydrogen) atoms. The third-order valence-corrected chi connectivity index (χ3v) is 2.34. The third kappa shape index (κ3) is 3.03. The lowest BCUT2D eigenvalue weighted by atomic mass is 10.3. The summed E-state index contributed by atoms with van der Waals surface area (Å²) in [4.78, 5) is 0. The fourth-order valence-corrected chi connectivity index (χ4v) is 1.27. The summed E-state index contributed by atoms with van der Waals surface area (Å²) >= 11 is 1.74. The Kier molecular flexibility index (Phi) is 4.46. The van der Waals surface area contributed by atoms with E-state index in [-0.39, 0.29) is 0 Å². The molecular weight excluding hydrogens is 198 g/mol. The summed E-state index contributed by atoms with van der Waals surface area (Å²) in [6.07, 6.45) is 2.04. The Morgan fingerprint density at radius 1 is 1.43 bits per heavy atom. The Morgan fingerprint density at radius 2 is 2.21 bits per heavy atom. The number of hydrogen-bond donors (Lipinski definition) is 1. The van der Waals surface area contributed by atoms with Crippen molar-refractivity contribution in [1.29, 1.82) is 0 Å². The quantitative estimate of drug-likeness (QED) is 0.600. The molecule has 3 nitrogen and oxygen atoms in total. The molecule has 1 rings (SSSR count). The van der Waals surface area contributed by atoms with E-state index in [1.807, 2.05) is 18.4 Å². The average Bonchev–Trinajstić information content (AvgIpc) is 2.20. The van der Waals surface area contributed by atoms with Gasteiger partial charge in [0.05, 0.1) is 19.4 Å². The lowest BCUT2D eigenvalue weighted by molar-refractivity contribution is 0.344. The molecule has 0 saturated heterocycles. The van der Waals surface area contributed by atoms with Gasteiger partial charge in [-0.25, -0.2) is 0 Å². The number of hydrogen-bond acceptors (Lipinski definition) is 4. The SMILES string of the molecule is COc1ccc(OCCSC)c(N)c1. The van der Waals surface area contributed by atoms with Gasteiger partial charge in [0.25, 0.3) is 0 Å². The molecule has 4 heteroatoms. The number of nitrogen functional groups attached to an aromatic ring is 1. The number of anilines is 1. The monoisotopic (exact) mass is 213 g/mol. The van der Waals surface area contributed by atoms with Crippen molar-refractivity contribution in [2.45, 2.75) is 0 Å². The zero-order valence-corrected chi connectivity index (χ0v) is 9.26. The second-order valence-corrected chi connectivity index (χ2v) is 3.73. The molecule has 0 atom stereocenters. The van der Waals surface area contributed by atoms with Gasteiger partial charge >= 0.3 is 0 Å². The number of benzene rings is 1. The van der Waals surface area contributed by atoms with Gasteiger partial charge in [-0.1, -0.05) is 0 Å². The molecule has 0 saturated carbocycles. The van der Waals surface area contributed by atoms with Gasteiger partial charge in [0.1, 0.15) is 11.5 Å². The highest BCUT2D eigenvalue weighted by Crippen LogP contribution is 2.26. The molecule has 0 fully saturated rings. The summed E-state index contributed by atoms with van der Waals surface area (Å²) in [7, 11) is 1.61. The second-order valence-electron chi connectivity index (χ2n) is 2.75. The van der Waals surface area contributed by atoms with Gasteiger partial charge in [0, 0.05) is 11.8 Å². The van der Waals surface area contributed by atoms with Crippen LogP contribution in [0.4, 0.5) is 5.69 Å². The van der Waals surface area contributed by atoms with Crippen molar-refractivity contribution in [3.63, 3.8) is 0 Å². The molecular formula is C10H15NO2S. The van der Waals surface area contributed by atoms with Gasteiger partial charge in [-0.3, -0.25) is 0 Å². The van der Waals surface area contributed by atoms with Crippen LogP contribution in [0.2, 0.25) is 0 Å². The van der Waals surface area contributed by atoms with E-state index in [0.717, 1.165) is 17.3 Å². The third-order valence-electron chi connectivity index (χ3n) is 1.76. The molecule has 0 bridgehead atoms. The predicted molar refractivity (Wildman–Crippen MR) is 61.3 cm³/mol. The standard InChI is InChI=1S/C10H15NO2S/c1-12-8-3-4-10(9(11)7-8)13-5-6-14-2/h3-4,7H,5-6,11H2,1-2H3. The van der Waals surface area contributed by atoms with Crippen molar-refractivity contribution in [2.24, 2.45) is 0 Å². The van der Waals surface area contributed by atoms with Gasteiger partial charge in [0.15, 0.2) is 0 Å². The molecule has 0 aliphatic carbocycles. The van der Waals surface area contributed by atoms with Crippen molar-refractivity contribution in [2.75, 3.05) is 31.5 Å². The van der Waals surface area contributed by atoms with E-state index in [1.54, 1.807) is 24.9 Å². The van der Waals surface area contributed by atoms with E-state index in [2.05, 4.69) is 0 Å². The first-order chi connectivity index (χ1) is 6.77. The van der Waals surface area contributed by atoms with Crippen molar-refractivity contribution in [3.8, 4) is 11.5 Å². The van der Waals surface area contributed by atoms with Crippen LogP contribution in [0.15, 0.2) is 18.2 Å². The minimum Gasteiger partial charge on any atom is -0.497 e. The van der Waals surface area contributed by atoms with Gasteiger partial charge < -0.3 is 15.2 Å². The Bertz CT molecular complexity index is 291. The smallest absolute Gasteiger partial charge is 0.142 e. The summed E-state index contributed by atoms with van der Waals surface area (Å²) in [5.74, 6) is 2.44. The van der Waals surface area contributed by atoms with Gasteiger partial charge in [0.2, 0.25) is 0 Å². The molecule has 1 aromatic rings. The molecule has 0 spiro atoms. The number of rotatable bonds is 5. The molecule has 0 aliphatic heterocycles. The van der Waals surface area contributed by atoms with Crippen LogP contribution in [-0.2, 0) is 0 Å². The number of thioether (sulfide) groups is 1. The van der Waals surface area contributed by atoms with Crippen molar-refractivity contribution >= 4 is 17.4 Å². The number of methoxy groups -OCH3 is 1. The molecule has 0 amide bonds. The summed E-state index contributed by atoms with van der Waals surface area (Å²) < 4.78 is 10.5. The topological polar surface area (TPSA) is 44.5 Å². The van der Waals surface area contributed by atoms with Gasteiger partial charge in [-0.15, -0.1) is 0 Å². The minimum atomic E-state index is 0.616. The van der Waals surface area contributed by atoms with E-state index in [1.165, 1.54) is 0 Å². The number of nitrogens with two attached hydrogens (primary N) is 1. The fourth-order valence-electron chi connectivity index (χ4n) is 1.02. The van der Waals surface area contributed by atoms with Crippen LogP contribution in [0.1, 0.15) is 0 Å². The average molecular weight is 213 g/mol. The largest absolute Gasteiger partial charge is 0.497 e. The Balaban J connectivity index is 2.59. The maximum atomic E-state index is 5.77. The molecule has 78 valence electrons. The summed E-state index contributed by atoms with van der Waals surface area (Å²) in [5, 5.41) is 0. The zero-order valence-electron chi connectivity index (χ0n) is 8.45. The Morgan fingerprint density at radius 3 is 2.79 bits per heavy atom. The first-order valence-electron chi connectivity index (χ1n) is 4.33. The highest BCUT2D eigenvalue weighted by atomic mass is 32.2. The maximum Gasteiger partial charge on any atom is 0.142 e. The van der Waals surface area contributed by atoms with Gasteiger partial charge in [-0.2, -0.15) is 11.8 Å². The van der Waals surface area contributed by atoms with E-state index in [0.29, 0.717) is 12.3 Å². The van der Waals surface area contributed by atoms with E-state index >= 15 is 0 Å². The van der Waals surface area contributed by atoms with E-state index in [9.17, 15) is 0 Å². The van der Waals surface area contributed by atoms with Crippen molar-refractivity contribution < 1.29 is 9.47 Å². The van der Waals surface area contributed by atoms with E-state index < -0.39 is 0 Å². The highest BCUT2D eigenvalue weighted by Gasteiger charge is 2.01. The van der Waals surface area contributed by atoms with Crippen LogP contribution in [0.5, 0.6) is 11.5 Å². The van der Waals surface area contributed by atoms with Crippen molar-refractivity contribution in [3.05, 3.63) is 18.2 Å². The lowest BCUT2D eigenvalue weighted by Gasteiger charge is -2.09. The van der Waals surface area contributed by atoms with Crippen LogP contribution in [0.25, 0.3) is 0 Å². The summed E-state index contributed by atoms with van der Waals surface area (Å²) in [6, 6.07) is 5.42. The van der Waals surface area contributed by atoms with Crippen molar-refractivity contribution in [1.82, 2.24) is 0 Å². The fraction of sp³-hybridized carbons (Fsp3) is 0.400. The molecule has 0 heterocycles. The number of ether oxygens (including phenoxy) is 2. The Labute approximate surface area is 88.6 Å². The molecule has 1 aromatic carbocycles.